The van der Waals surface area contributed by atoms with Crippen molar-refractivity contribution in [1.29, 1.82) is 5.26 Å². The van der Waals surface area contributed by atoms with Crippen molar-refractivity contribution in [3.8, 4) is 6.07 Å². The minimum absolute atomic E-state index is 0.0841. The molecule has 1 saturated carbocycles. The summed E-state index contributed by atoms with van der Waals surface area (Å²) in [5.74, 6) is 0.883. The van der Waals surface area contributed by atoms with Gasteiger partial charge in [-0.2, -0.15) is 5.26 Å². The van der Waals surface area contributed by atoms with E-state index < -0.39 is 4.92 Å². The molecule has 0 atom stereocenters. The first-order valence-corrected chi connectivity index (χ1v) is 9.68. The van der Waals surface area contributed by atoms with E-state index in [0.29, 0.717) is 22.5 Å². The third kappa shape index (κ3) is 3.34. The van der Waals surface area contributed by atoms with Crippen LogP contribution in [0.2, 0.25) is 0 Å². The van der Waals surface area contributed by atoms with Crippen LogP contribution in [-0.2, 0) is 6.42 Å². The summed E-state index contributed by atoms with van der Waals surface area (Å²) in [5.41, 5.74) is 0.183. The highest BCUT2D eigenvalue weighted by atomic mass is 32.2. The molecule has 0 aliphatic heterocycles. The second-order valence-electron chi connectivity index (χ2n) is 5.91. The SMILES string of the molecule is N#Cc1ccc(Sc2nnc(Cc3cccs3)n2C2CC2)c([N+](=O)[O-])c1. The number of nitro benzene ring substituents is 1. The Kier molecular flexibility index (Phi) is 4.44. The molecule has 0 bridgehead atoms. The fraction of sp³-hybridized carbons (Fsp3) is 0.235. The molecule has 4 rings (SSSR count). The van der Waals surface area contributed by atoms with Gasteiger partial charge in [0.1, 0.15) is 5.82 Å². The summed E-state index contributed by atoms with van der Waals surface area (Å²) < 4.78 is 2.10. The molecule has 1 aliphatic carbocycles. The maximum Gasteiger partial charge on any atom is 0.284 e. The van der Waals surface area contributed by atoms with Gasteiger partial charge in [-0.1, -0.05) is 6.07 Å². The summed E-state index contributed by atoms with van der Waals surface area (Å²) in [4.78, 5) is 12.6. The minimum atomic E-state index is -0.465. The molecule has 0 radical (unpaired) electrons. The molecular formula is C17H13N5O2S2. The van der Waals surface area contributed by atoms with E-state index in [1.54, 1.807) is 23.5 Å². The Bertz CT molecular complexity index is 1000. The summed E-state index contributed by atoms with van der Waals surface area (Å²) in [5, 5.41) is 31.7. The van der Waals surface area contributed by atoms with Crippen LogP contribution in [-0.4, -0.2) is 19.7 Å². The molecule has 130 valence electrons. The van der Waals surface area contributed by atoms with Crippen molar-refractivity contribution < 1.29 is 4.92 Å². The van der Waals surface area contributed by atoms with E-state index in [4.69, 9.17) is 5.26 Å². The largest absolute Gasteiger partial charge is 0.302 e. The Hall–Kier alpha value is -2.70. The average molecular weight is 383 g/mol. The van der Waals surface area contributed by atoms with Gasteiger partial charge < -0.3 is 4.57 Å². The molecule has 26 heavy (non-hydrogen) atoms. The number of nitrogens with zero attached hydrogens (tertiary/aromatic N) is 5. The standard InChI is InChI=1S/C17H13N5O2S2/c18-10-11-3-6-15(14(8-11)22(23)24)26-17-20-19-16(21(17)12-4-5-12)9-13-2-1-7-25-13/h1-3,6-8,12H,4-5,9H2. The normalized spacial score (nSPS) is 13.5. The van der Waals surface area contributed by atoms with Crippen LogP contribution in [0.4, 0.5) is 5.69 Å². The molecule has 2 heterocycles. The number of hydrogen-bond donors (Lipinski definition) is 0. The van der Waals surface area contributed by atoms with Crippen molar-refractivity contribution in [2.75, 3.05) is 0 Å². The van der Waals surface area contributed by atoms with Gasteiger partial charge in [0.2, 0.25) is 0 Å². The summed E-state index contributed by atoms with van der Waals surface area (Å²) in [7, 11) is 0. The zero-order chi connectivity index (χ0) is 18.1. The zero-order valence-corrected chi connectivity index (χ0v) is 15.2. The minimum Gasteiger partial charge on any atom is -0.302 e. The molecule has 0 spiro atoms. The van der Waals surface area contributed by atoms with Crippen LogP contribution in [0.15, 0.2) is 45.8 Å². The maximum atomic E-state index is 11.4. The van der Waals surface area contributed by atoms with Crippen molar-refractivity contribution in [2.24, 2.45) is 0 Å². The van der Waals surface area contributed by atoms with Gasteiger partial charge in [0, 0.05) is 23.4 Å². The number of benzene rings is 1. The molecule has 2 aromatic heterocycles. The number of hydrogen-bond acceptors (Lipinski definition) is 7. The van der Waals surface area contributed by atoms with Crippen LogP contribution >= 0.6 is 23.1 Å². The van der Waals surface area contributed by atoms with Crippen LogP contribution in [0, 0.1) is 21.4 Å². The van der Waals surface area contributed by atoms with E-state index >= 15 is 0 Å². The van der Waals surface area contributed by atoms with Crippen LogP contribution in [0.1, 0.15) is 35.1 Å². The van der Waals surface area contributed by atoms with Gasteiger partial charge >= 0.3 is 0 Å². The number of nitriles is 1. The third-order valence-electron chi connectivity index (χ3n) is 4.05. The number of rotatable bonds is 6. The monoisotopic (exact) mass is 383 g/mol. The van der Waals surface area contributed by atoms with Gasteiger partial charge in [-0.25, -0.2) is 0 Å². The molecule has 1 aromatic carbocycles. The van der Waals surface area contributed by atoms with Crippen molar-refractivity contribution >= 4 is 28.8 Å². The molecule has 9 heteroatoms. The van der Waals surface area contributed by atoms with E-state index in [2.05, 4.69) is 20.8 Å². The predicted molar refractivity (Wildman–Crippen MR) is 97.4 cm³/mol. The van der Waals surface area contributed by atoms with Crippen LogP contribution in [0.25, 0.3) is 0 Å². The topological polar surface area (TPSA) is 97.6 Å². The van der Waals surface area contributed by atoms with Crippen LogP contribution < -0.4 is 0 Å². The molecule has 0 amide bonds. The van der Waals surface area contributed by atoms with Crippen molar-refractivity contribution in [2.45, 2.75) is 35.4 Å². The second-order valence-corrected chi connectivity index (χ2v) is 7.95. The van der Waals surface area contributed by atoms with Crippen LogP contribution in [0.5, 0.6) is 0 Å². The molecular weight excluding hydrogens is 370 g/mol. The number of thiophene rings is 1. The lowest BCUT2D eigenvalue weighted by Gasteiger charge is -2.08. The highest BCUT2D eigenvalue weighted by Crippen LogP contribution is 2.42. The van der Waals surface area contributed by atoms with E-state index in [0.717, 1.165) is 18.7 Å². The van der Waals surface area contributed by atoms with E-state index in [-0.39, 0.29) is 11.3 Å². The first-order chi connectivity index (χ1) is 12.7. The second kappa shape index (κ2) is 6.90. The highest BCUT2D eigenvalue weighted by molar-refractivity contribution is 7.99. The molecule has 0 N–H and O–H groups in total. The lowest BCUT2D eigenvalue weighted by Crippen LogP contribution is -2.03. The van der Waals surface area contributed by atoms with Gasteiger partial charge in [0.05, 0.1) is 21.5 Å². The Balaban J connectivity index is 1.68. The maximum absolute atomic E-state index is 11.4. The Labute approximate surface area is 157 Å². The quantitative estimate of drug-likeness (QED) is 0.467. The van der Waals surface area contributed by atoms with Crippen molar-refractivity contribution in [3.63, 3.8) is 0 Å². The summed E-state index contributed by atoms with van der Waals surface area (Å²) in [6.45, 7) is 0. The van der Waals surface area contributed by atoms with Gasteiger partial charge in [-0.05, 0) is 48.2 Å². The van der Waals surface area contributed by atoms with Crippen molar-refractivity contribution in [1.82, 2.24) is 14.8 Å². The number of aromatic nitrogens is 3. The van der Waals surface area contributed by atoms with E-state index in [9.17, 15) is 10.1 Å². The third-order valence-corrected chi connectivity index (χ3v) is 5.95. The molecule has 7 nitrogen and oxygen atoms in total. The summed E-state index contributed by atoms with van der Waals surface area (Å²) >= 11 is 2.91. The lowest BCUT2D eigenvalue weighted by atomic mass is 10.2. The van der Waals surface area contributed by atoms with Crippen molar-refractivity contribution in [3.05, 3.63) is 62.1 Å². The molecule has 0 saturated heterocycles. The smallest absolute Gasteiger partial charge is 0.284 e. The van der Waals surface area contributed by atoms with E-state index in [1.165, 1.54) is 22.7 Å². The lowest BCUT2D eigenvalue weighted by molar-refractivity contribution is -0.387. The zero-order valence-electron chi connectivity index (χ0n) is 13.5. The number of nitro groups is 1. The Morgan fingerprint density at radius 1 is 1.38 bits per heavy atom. The molecule has 0 unspecified atom stereocenters. The van der Waals surface area contributed by atoms with Crippen LogP contribution in [0.3, 0.4) is 0 Å². The Morgan fingerprint density at radius 3 is 2.88 bits per heavy atom. The van der Waals surface area contributed by atoms with Gasteiger partial charge in [-0.15, -0.1) is 21.5 Å². The fourth-order valence-electron chi connectivity index (χ4n) is 2.68. The van der Waals surface area contributed by atoms with Gasteiger partial charge in [0.25, 0.3) is 5.69 Å². The highest BCUT2D eigenvalue weighted by Gasteiger charge is 2.30. The van der Waals surface area contributed by atoms with E-state index in [1.807, 2.05) is 17.5 Å². The summed E-state index contributed by atoms with van der Waals surface area (Å²) in [6.07, 6.45) is 2.84. The summed E-state index contributed by atoms with van der Waals surface area (Å²) in [6, 6.07) is 10.9. The fourth-order valence-corrected chi connectivity index (χ4v) is 4.39. The Morgan fingerprint density at radius 2 is 2.23 bits per heavy atom. The molecule has 1 aliphatic rings. The average Bonchev–Trinajstić information content (AvgIpc) is 3.20. The first-order valence-electron chi connectivity index (χ1n) is 7.98. The van der Waals surface area contributed by atoms with Gasteiger partial charge in [-0.3, -0.25) is 10.1 Å². The molecule has 1 fully saturated rings. The predicted octanol–water partition coefficient (Wildman–Crippen LogP) is 4.20. The molecule has 3 aromatic rings. The first kappa shape index (κ1) is 16.8. The van der Waals surface area contributed by atoms with Gasteiger partial charge in [0.15, 0.2) is 5.16 Å².